The van der Waals surface area contributed by atoms with E-state index in [2.05, 4.69) is 15.2 Å². The van der Waals surface area contributed by atoms with E-state index >= 15 is 0 Å². The minimum atomic E-state index is -0.155. The third-order valence-electron chi connectivity index (χ3n) is 3.49. The highest BCUT2D eigenvalue weighted by Crippen LogP contribution is 2.22. The number of hydrogen-bond acceptors (Lipinski definition) is 3. The minimum absolute atomic E-state index is 0.155. The SMILES string of the molecule is CCNCc1c(F)cccc1N(C)CCc1ccccn1. The van der Waals surface area contributed by atoms with Crippen molar-refractivity contribution in [2.75, 3.05) is 25.0 Å². The van der Waals surface area contributed by atoms with Crippen LogP contribution in [0.3, 0.4) is 0 Å². The van der Waals surface area contributed by atoms with Crippen molar-refractivity contribution in [2.45, 2.75) is 19.9 Å². The van der Waals surface area contributed by atoms with Gasteiger partial charge in [-0.15, -0.1) is 0 Å². The van der Waals surface area contributed by atoms with Crippen LogP contribution >= 0.6 is 0 Å². The lowest BCUT2D eigenvalue weighted by molar-refractivity contribution is 0.592. The van der Waals surface area contributed by atoms with Gasteiger partial charge < -0.3 is 10.2 Å². The average molecular weight is 287 g/mol. The van der Waals surface area contributed by atoms with Crippen LogP contribution in [0.25, 0.3) is 0 Å². The zero-order valence-corrected chi connectivity index (χ0v) is 12.6. The lowest BCUT2D eigenvalue weighted by atomic mass is 10.1. The number of rotatable bonds is 7. The Kier molecular flexibility index (Phi) is 5.69. The van der Waals surface area contributed by atoms with Crippen molar-refractivity contribution < 1.29 is 4.39 Å². The van der Waals surface area contributed by atoms with Crippen molar-refractivity contribution in [3.05, 3.63) is 59.7 Å². The molecule has 1 N–H and O–H groups in total. The molecule has 1 heterocycles. The lowest BCUT2D eigenvalue weighted by Crippen LogP contribution is -2.24. The van der Waals surface area contributed by atoms with Gasteiger partial charge in [0.05, 0.1) is 0 Å². The molecule has 0 fully saturated rings. The Bertz CT molecular complexity index is 557. The molecule has 21 heavy (non-hydrogen) atoms. The Hall–Kier alpha value is -1.94. The van der Waals surface area contributed by atoms with Gasteiger partial charge in [-0.25, -0.2) is 4.39 Å². The number of anilines is 1. The van der Waals surface area contributed by atoms with Crippen LogP contribution in [0.15, 0.2) is 42.6 Å². The van der Waals surface area contributed by atoms with Gasteiger partial charge in [0.2, 0.25) is 0 Å². The third kappa shape index (κ3) is 4.26. The number of pyridine rings is 1. The molecule has 0 bridgehead atoms. The van der Waals surface area contributed by atoms with E-state index in [1.807, 2.05) is 38.2 Å². The standard InChI is InChI=1S/C17H22FN3/c1-3-19-13-15-16(18)8-6-9-17(15)21(2)12-10-14-7-4-5-11-20-14/h4-9,11,19H,3,10,12-13H2,1-2H3. The van der Waals surface area contributed by atoms with Gasteiger partial charge in [0.15, 0.2) is 0 Å². The summed E-state index contributed by atoms with van der Waals surface area (Å²) in [5, 5.41) is 3.20. The summed E-state index contributed by atoms with van der Waals surface area (Å²) in [5.41, 5.74) is 2.71. The van der Waals surface area contributed by atoms with Crippen LogP contribution in [-0.4, -0.2) is 25.1 Å². The van der Waals surface area contributed by atoms with E-state index in [0.717, 1.165) is 36.5 Å². The highest BCUT2D eigenvalue weighted by atomic mass is 19.1. The van der Waals surface area contributed by atoms with Crippen LogP contribution in [0.5, 0.6) is 0 Å². The average Bonchev–Trinajstić information content (AvgIpc) is 2.52. The van der Waals surface area contributed by atoms with Gasteiger partial charge >= 0.3 is 0 Å². The van der Waals surface area contributed by atoms with Gasteiger partial charge in [0, 0.05) is 49.7 Å². The molecule has 3 nitrogen and oxygen atoms in total. The van der Waals surface area contributed by atoms with E-state index in [-0.39, 0.29) is 5.82 Å². The van der Waals surface area contributed by atoms with Gasteiger partial charge in [-0.3, -0.25) is 4.98 Å². The fraction of sp³-hybridized carbons (Fsp3) is 0.353. The number of halogens is 1. The first-order chi connectivity index (χ1) is 10.2. The largest absolute Gasteiger partial charge is 0.374 e. The van der Waals surface area contributed by atoms with Gasteiger partial charge in [0.25, 0.3) is 0 Å². The van der Waals surface area contributed by atoms with Gasteiger partial charge in [-0.05, 0) is 30.8 Å². The molecule has 0 spiro atoms. The number of benzene rings is 1. The maximum atomic E-state index is 14.0. The number of nitrogens with one attached hydrogen (secondary N) is 1. The second-order valence-corrected chi connectivity index (χ2v) is 5.01. The van der Waals surface area contributed by atoms with Crippen LogP contribution in [0.4, 0.5) is 10.1 Å². The molecule has 4 heteroatoms. The Morgan fingerprint density at radius 1 is 1.19 bits per heavy atom. The smallest absolute Gasteiger partial charge is 0.129 e. The van der Waals surface area contributed by atoms with Crippen molar-refractivity contribution in [3.8, 4) is 0 Å². The van der Waals surface area contributed by atoms with Crippen LogP contribution in [0.2, 0.25) is 0 Å². The number of hydrogen-bond donors (Lipinski definition) is 1. The quantitative estimate of drug-likeness (QED) is 0.848. The Labute approximate surface area is 125 Å². The molecule has 0 amide bonds. The van der Waals surface area contributed by atoms with E-state index in [0.29, 0.717) is 6.54 Å². The summed E-state index contributed by atoms with van der Waals surface area (Å²) in [5.74, 6) is -0.155. The molecular formula is C17H22FN3. The zero-order valence-electron chi connectivity index (χ0n) is 12.6. The van der Waals surface area contributed by atoms with E-state index in [1.54, 1.807) is 12.3 Å². The molecule has 1 aromatic heterocycles. The van der Waals surface area contributed by atoms with Gasteiger partial charge in [-0.1, -0.05) is 19.1 Å². The normalized spacial score (nSPS) is 10.6. The molecule has 0 aliphatic heterocycles. The summed E-state index contributed by atoms with van der Waals surface area (Å²) in [6.07, 6.45) is 2.64. The predicted molar refractivity (Wildman–Crippen MR) is 85.0 cm³/mol. The predicted octanol–water partition coefficient (Wildman–Crippen LogP) is 3.01. The molecule has 2 rings (SSSR count). The van der Waals surface area contributed by atoms with Crippen molar-refractivity contribution in [3.63, 3.8) is 0 Å². The van der Waals surface area contributed by atoms with Gasteiger partial charge in [-0.2, -0.15) is 0 Å². The minimum Gasteiger partial charge on any atom is -0.374 e. The highest BCUT2D eigenvalue weighted by Gasteiger charge is 2.11. The molecule has 0 radical (unpaired) electrons. The summed E-state index contributed by atoms with van der Waals surface area (Å²) in [6, 6.07) is 11.2. The Morgan fingerprint density at radius 3 is 2.76 bits per heavy atom. The molecule has 0 aliphatic carbocycles. The summed E-state index contributed by atoms with van der Waals surface area (Å²) >= 11 is 0. The van der Waals surface area contributed by atoms with Crippen molar-refractivity contribution in [1.82, 2.24) is 10.3 Å². The molecule has 0 saturated carbocycles. The Morgan fingerprint density at radius 2 is 2.05 bits per heavy atom. The molecule has 1 aromatic carbocycles. The summed E-state index contributed by atoms with van der Waals surface area (Å²) in [4.78, 5) is 6.41. The van der Waals surface area contributed by atoms with E-state index in [4.69, 9.17) is 0 Å². The molecule has 112 valence electrons. The fourth-order valence-electron chi connectivity index (χ4n) is 2.28. The topological polar surface area (TPSA) is 28.2 Å². The van der Waals surface area contributed by atoms with Crippen LogP contribution in [0, 0.1) is 5.82 Å². The Balaban J connectivity index is 2.07. The van der Waals surface area contributed by atoms with Crippen LogP contribution in [0.1, 0.15) is 18.2 Å². The second kappa shape index (κ2) is 7.74. The monoisotopic (exact) mass is 287 g/mol. The van der Waals surface area contributed by atoms with Crippen LogP contribution in [-0.2, 0) is 13.0 Å². The van der Waals surface area contributed by atoms with Crippen LogP contribution < -0.4 is 10.2 Å². The molecule has 0 atom stereocenters. The number of likely N-dealkylation sites (N-methyl/N-ethyl adjacent to an activating group) is 1. The fourth-order valence-corrected chi connectivity index (χ4v) is 2.28. The van der Waals surface area contributed by atoms with E-state index in [1.165, 1.54) is 6.07 Å². The van der Waals surface area contributed by atoms with Crippen molar-refractivity contribution in [1.29, 1.82) is 0 Å². The second-order valence-electron chi connectivity index (χ2n) is 5.01. The zero-order chi connectivity index (χ0) is 15.1. The molecule has 0 aliphatic rings. The molecule has 0 saturated heterocycles. The summed E-state index contributed by atoms with van der Waals surface area (Å²) in [6.45, 7) is 4.20. The van der Waals surface area contributed by atoms with E-state index in [9.17, 15) is 4.39 Å². The molecular weight excluding hydrogens is 265 g/mol. The summed E-state index contributed by atoms with van der Waals surface area (Å²) in [7, 11) is 1.99. The van der Waals surface area contributed by atoms with E-state index < -0.39 is 0 Å². The van der Waals surface area contributed by atoms with Crippen molar-refractivity contribution in [2.24, 2.45) is 0 Å². The molecule has 2 aromatic rings. The number of nitrogens with zero attached hydrogens (tertiary/aromatic N) is 2. The number of aromatic nitrogens is 1. The first kappa shape index (κ1) is 15.4. The maximum absolute atomic E-state index is 14.0. The third-order valence-corrected chi connectivity index (χ3v) is 3.49. The first-order valence-corrected chi connectivity index (χ1v) is 7.31. The lowest BCUT2D eigenvalue weighted by Gasteiger charge is -2.23. The highest BCUT2D eigenvalue weighted by molar-refractivity contribution is 5.53. The molecule has 0 unspecified atom stereocenters. The first-order valence-electron chi connectivity index (χ1n) is 7.31. The van der Waals surface area contributed by atoms with Gasteiger partial charge in [0.1, 0.15) is 5.82 Å². The van der Waals surface area contributed by atoms with Crippen molar-refractivity contribution >= 4 is 5.69 Å². The summed E-state index contributed by atoms with van der Waals surface area (Å²) < 4.78 is 14.0. The maximum Gasteiger partial charge on any atom is 0.129 e.